The van der Waals surface area contributed by atoms with Crippen LogP contribution in [0.25, 0.3) is 11.1 Å². The van der Waals surface area contributed by atoms with E-state index in [1.807, 2.05) is 0 Å². The van der Waals surface area contributed by atoms with E-state index in [2.05, 4.69) is 4.98 Å². The van der Waals surface area contributed by atoms with Gasteiger partial charge in [0.2, 0.25) is 0 Å². The molecule has 2 rings (SSSR count). The quantitative estimate of drug-likeness (QED) is 0.876. The highest BCUT2D eigenvalue weighted by molar-refractivity contribution is 6.32. The fraction of sp³-hybridized carbons (Fsp3) is 0.0769. The number of carboxylic acid groups (broad SMARTS) is 1. The molecule has 0 aliphatic heterocycles. The van der Waals surface area contributed by atoms with E-state index in [0.717, 1.165) is 12.1 Å². The monoisotopic (exact) mass is 283 g/mol. The topological polar surface area (TPSA) is 50.2 Å². The lowest BCUT2D eigenvalue weighted by Crippen LogP contribution is -2.25. The van der Waals surface area contributed by atoms with Gasteiger partial charge >= 0.3 is 11.9 Å². The summed E-state index contributed by atoms with van der Waals surface area (Å²) in [5, 5.41) is 8.69. The molecule has 0 atom stereocenters. The van der Waals surface area contributed by atoms with Crippen LogP contribution in [0.4, 0.5) is 8.78 Å². The number of aliphatic carboxylic acids is 1. The summed E-state index contributed by atoms with van der Waals surface area (Å²) >= 11 is 5.87. The van der Waals surface area contributed by atoms with Gasteiger partial charge < -0.3 is 5.11 Å². The van der Waals surface area contributed by atoms with Crippen molar-refractivity contribution in [3.05, 3.63) is 53.3 Å². The second-order valence-electron chi connectivity index (χ2n) is 3.80. The van der Waals surface area contributed by atoms with E-state index in [9.17, 15) is 13.6 Å². The minimum absolute atomic E-state index is 0.165. The summed E-state index contributed by atoms with van der Waals surface area (Å²) in [5.41, 5.74) is 0.251. The molecular formula is C13H8ClF2NO2. The molecule has 19 heavy (non-hydrogen) atoms. The van der Waals surface area contributed by atoms with Crippen LogP contribution in [0, 0.1) is 0 Å². The van der Waals surface area contributed by atoms with Gasteiger partial charge in [0, 0.05) is 17.3 Å². The van der Waals surface area contributed by atoms with Crippen molar-refractivity contribution in [2.24, 2.45) is 0 Å². The predicted octanol–water partition coefficient (Wildman–Crippen LogP) is 3.58. The molecule has 0 amide bonds. The summed E-state index contributed by atoms with van der Waals surface area (Å²) in [6, 6.07) is 8.30. The fourth-order valence-electron chi connectivity index (χ4n) is 1.61. The second-order valence-corrected chi connectivity index (χ2v) is 4.16. The number of alkyl halides is 2. The van der Waals surface area contributed by atoms with Gasteiger partial charge in [0.25, 0.3) is 0 Å². The summed E-state index contributed by atoms with van der Waals surface area (Å²) in [7, 11) is 0. The smallest absolute Gasteiger partial charge is 0.379 e. The molecule has 98 valence electrons. The fourth-order valence-corrected chi connectivity index (χ4v) is 1.84. The Morgan fingerprint density at radius 3 is 2.63 bits per heavy atom. The normalized spacial score (nSPS) is 11.3. The summed E-state index contributed by atoms with van der Waals surface area (Å²) in [6.45, 7) is 0. The van der Waals surface area contributed by atoms with Crippen LogP contribution in [-0.4, -0.2) is 16.1 Å². The number of halogens is 3. The van der Waals surface area contributed by atoms with E-state index < -0.39 is 17.5 Å². The number of aromatic nitrogens is 1. The SMILES string of the molecule is O=C(O)C(F)(F)c1cccc(-c2cccnc2Cl)c1. The number of pyridine rings is 1. The molecule has 0 fully saturated rings. The third-order valence-corrected chi connectivity index (χ3v) is 2.87. The number of hydrogen-bond acceptors (Lipinski definition) is 2. The number of hydrogen-bond donors (Lipinski definition) is 1. The molecule has 0 bridgehead atoms. The molecule has 0 spiro atoms. The van der Waals surface area contributed by atoms with Gasteiger partial charge in [-0.1, -0.05) is 29.8 Å². The molecular weight excluding hydrogens is 276 g/mol. The van der Waals surface area contributed by atoms with Crippen LogP contribution in [0.3, 0.4) is 0 Å². The lowest BCUT2D eigenvalue weighted by atomic mass is 10.0. The van der Waals surface area contributed by atoms with Crippen LogP contribution >= 0.6 is 11.6 Å². The van der Waals surface area contributed by atoms with Gasteiger partial charge in [0.05, 0.1) is 0 Å². The minimum atomic E-state index is -3.94. The molecule has 1 heterocycles. The average Bonchev–Trinajstić information content (AvgIpc) is 2.39. The molecule has 6 heteroatoms. The Morgan fingerprint density at radius 2 is 2.00 bits per heavy atom. The lowest BCUT2D eigenvalue weighted by Gasteiger charge is -2.13. The van der Waals surface area contributed by atoms with Gasteiger partial charge in [-0.3, -0.25) is 0 Å². The summed E-state index contributed by atoms with van der Waals surface area (Å²) < 4.78 is 26.9. The van der Waals surface area contributed by atoms with E-state index in [4.69, 9.17) is 16.7 Å². The molecule has 1 aromatic carbocycles. The molecule has 3 nitrogen and oxygen atoms in total. The van der Waals surface area contributed by atoms with E-state index >= 15 is 0 Å². The van der Waals surface area contributed by atoms with Crippen molar-refractivity contribution in [2.45, 2.75) is 5.92 Å². The van der Waals surface area contributed by atoms with Crippen LogP contribution in [0.5, 0.6) is 0 Å². The summed E-state index contributed by atoms with van der Waals surface area (Å²) in [6.07, 6.45) is 1.47. The third kappa shape index (κ3) is 2.56. The first-order chi connectivity index (χ1) is 8.93. The Hall–Kier alpha value is -2.01. The highest BCUT2D eigenvalue weighted by Crippen LogP contribution is 2.33. The van der Waals surface area contributed by atoms with Crippen molar-refractivity contribution in [3.63, 3.8) is 0 Å². The van der Waals surface area contributed by atoms with Crippen molar-refractivity contribution >= 4 is 17.6 Å². The van der Waals surface area contributed by atoms with Gasteiger partial charge in [0.1, 0.15) is 5.15 Å². The number of benzene rings is 1. The van der Waals surface area contributed by atoms with Crippen molar-refractivity contribution in [1.29, 1.82) is 0 Å². The van der Waals surface area contributed by atoms with Gasteiger partial charge in [-0.15, -0.1) is 0 Å². The largest absolute Gasteiger partial charge is 0.477 e. The molecule has 0 saturated heterocycles. The molecule has 0 unspecified atom stereocenters. The first-order valence-corrected chi connectivity index (χ1v) is 5.63. The number of rotatable bonds is 3. The lowest BCUT2D eigenvalue weighted by molar-refractivity contribution is -0.166. The maximum atomic E-state index is 13.4. The van der Waals surface area contributed by atoms with Crippen LogP contribution in [0.15, 0.2) is 42.6 Å². The molecule has 1 aromatic heterocycles. The summed E-state index contributed by atoms with van der Waals surface area (Å²) in [4.78, 5) is 14.4. The Labute approximate surface area is 112 Å². The first-order valence-electron chi connectivity index (χ1n) is 5.25. The van der Waals surface area contributed by atoms with Crippen LogP contribution in [0.1, 0.15) is 5.56 Å². The van der Waals surface area contributed by atoms with Gasteiger partial charge in [-0.25, -0.2) is 9.78 Å². The van der Waals surface area contributed by atoms with Crippen LogP contribution < -0.4 is 0 Å². The Morgan fingerprint density at radius 1 is 1.26 bits per heavy atom. The Bertz CT molecular complexity index is 632. The maximum absolute atomic E-state index is 13.4. The highest BCUT2D eigenvalue weighted by Gasteiger charge is 2.41. The van der Waals surface area contributed by atoms with Gasteiger partial charge in [-0.2, -0.15) is 8.78 Å². The zero-order valence-electron chi connectivity index (χ0n) is 9.48. The predicted molar refractivity (Wildman–Crippen MR) is 66.2 cm³/mol. The number of carbonyl (C=O) groups is 1. The molecule has 2 aromatic rings. The Kier molecular flexibility index (Phi) is 3.48. The molecule has 0 aliphatic rings. The van der Waals surface area contributed by atoms with Crippen LogP contribution in [-0.2, 0) is 10.7 Å². The van der Waals surface area contributed by atoms with Crippen molar-refractivity contribution in [2.75, 3.05) is 0 Å². The first kappa shape index (κ1) is 13.4. The highest BCUT2D eigenvalue weighted by atomic mass is 35.5. The van der Waals surface area contributed by atoms with Crippen molar-refractivity contribution in [1.82, 2.24) is 4.98 Å². The van der Waals surface area contributed by atoms with Gasteiger partial charge in [-0.05, 0) is 23.8 Å². The average molecular weight is 284 g/mol. The number of nitrogens with zero attached hydrogens (tertiary/aromatic N) is 1. The molecule has 0 radical (unpaired) electrons. The number of carboxylic acids is 1. The third-order valence-electron chi connectivity index (χ3n) is 2.56. The van der Waals surface area contributed by atoms with E-state index in [1.54, 1.807) is 18.2 Å². The zero-order valence-corrected chi connectivity index (χ0v) is 10.2. The summed E-state index contributed by atoms with van der Waals surface area (Å²) in [5.74, 6) is -6.13. The van der Waals surface area contributed by atoms with E-state index in [-0.39, 0.29) is 5.15 Å². The van der Waals surface area contributed by atoms with Crippen molar-refractivity contribution < 1.29 is 18.7 Å². The minimum Gasteiger partial charge on any atom is -0.477 e. The zero-order chi connectivity index (χ0) is 14.0. The van der Waals surface area contributed by atoms with E-state index in [1.165, 1.54) is 12.3 Å². The maximum Gasteiger partial charge on any atom is 0.379 e. The standard InChI is InChI=1S/C13H8ClF2NO2/c14-11-10(5-2-6-17-11)8-3-1-4-9(7-8)13(15,16)12(18)19/h1-7H,(H,18,19). The Balaban J connectivity index is 2.52. The molecule has 1 N–H and O–H groups in total. The van der Waals surface area contributed by atoms with Gasteiger partial charge in [0.15, 0.2) is 0 Å². The van der Waals surface area contributed by atoms with Crippen LogP contribution in [0.2, 0.25) is 5.15 Å². The van der Waals surface area contributed by atoms with Crippen molar-refractivity contribution in [3.8, 4) is 11.1 Å². The van der Waals surface area contributed by atoms with E-state index in [0.29, 0.717) is 11.1 Å². The molecule has 0 aliphatic carbocycles. The second kappa shape index (κ2) is 4.93. The molecule has 0 saturated carbocycles.